The summed E-state index contributed by atoms with van der Waals surface area (Å²) in [5.41, 5.74) is 2.86. The minimum atomic E-state index is -4.33. The van der Waals surface area contributed by atoms with Crippen LogP contribution in [0.3, 0.4) is 0 Å². The maximum atomic E-state index is 13.2. The van der Waals surface area contributed by atoms with Crippen LogP contribution in [0.5, 0.6) is 0 Å². The van der Waals surface area contributed by atoms with Crippen LogP contribution >= 0.6 is 23.1 Å². The molecule has 156 valence electrons. The molecular formula is C21H19F3N4S2. The maximum absolute atomic E-state index is 13.2. The average Bonchev–Trinajstić information content (AvgIpc) is 3.31. The molecular weight excluding hydrogens is 429 g/mol. The molecule has 4 rings (SSSR count). The van der Waals surface area contributed by atoms with E-state index in [0.717, 1.165) is 16.6 Å². The highest BCUT2D eigenvalue weighted by atomic mass is 32.2. The summed E-state index contributed by atoms with van der Waals surface area (Å²) >= 11 is 2.97. The number of benzene rings is 2. The topological polar surface area (TPSA) is 42.7 Å². The van der Waals surface area contributed by atoms with E-state index in [4.69, 9.17) is 0 Å². The van der Waals surface area contributed by atoms with E-state index in [1.54, 1.807) is 30.0 Å². The second-order valence-electron chi connectivity index (χ2n) is 6.82. The van der Waals surface area contributed by atoms with Crippen molar-refractivity contribution in [3.63, 3.8) is 0 Å². The van der Waals surface area contributed by atoms with E-state index in [-0.39, 0.29) is 0 Å². The number of rotatable bonds is 6. The average molecular weight is 449 g/mol. The number of hydrogen-bond acceptors (Lipinski definition) is 5. The number of nitrogens with zero attached hydrogens (tertiary/aromatic N) is 3. The molecule has 1 N–H and O–H groups in total. The summed E-state index contributed by atoms with van der Waals surface area (Å²) in [4.78, 5) is 1.17. The molecule has 9 heteroatoms. The molecule has 0 spiro atoms. The van der Waals surface area contributed by atoms with E-state index in [1.165, 1.54) is 20.8 Å². The Morgan fingerprint density at radius 1 is 1.10 bits per heavy atom. The van der Waals surface area contributed by atoms with Crippen molar-refractivity contribution in [2.75, 3.05) is 11.6 Å². The first-order chi connectivity index (χ1) is 14.3. The van der Waals surface area contributed by atoms with Crippen LogP contribution in [0.1, 0.15) is 10.6 Å². The Balaban J connectivity index is 1.62. The highest BCUT2D eigenvalue weighted by Crippen LogP contribution is 2.34. The SMILES string of the molecule is CSc1ccc(NCc2nnc(-c3cc4c(C)cccc4n3CC(F)(F)F)s2)cc1. The zero-order chi connectivity index (χ0) is 21.3. The number of aromatic nitrogens is 3. The van der Waals surface area contributed by atoms with Crippen LogP contribution in [-0.4, -0.2) is 27.2 Å². The first-order valence-corrected chi connectivity index (χ1v) is 11.2. The molecule has 2 aromatic heterocycles. The Kier molecular flexibility index (Phi) is 5.75. The van der Waals surface area contributed by atoms with Crippen molar-refractivity contribution in [3.8, 4) is 10.7 Å². The van der Waals surface area contributed by atoms with Gasteiger partial charge in [-0.1, -0.05) is 23.5 Å². The van der Waals surface area contributed by atoms with Gasteiger partial charge in [0.05, 0.1) is 12.2 Å². The van der Waals surface area contributed by atoms with Gasteiger partial charge in [0.1, 0.15) is 11.6 Å². The Bertz CT molecular complexity index is 1160. The molecule has 2 aromatic carbocycles. The third kappa shape index (κ3) is 4.46. The summed E-state index contributed by atoms with van der Waals surface area (Å²) in [7, 11) is 0. The van der Waals surface area contributed by atoms with Gasteiger partial charge in [-0.15, -0.1) is 22.0 Å². The van der Waals surface area contributed by atoms with Crippen molar-refractivity contribution >= 4 is 39.7 Å². The predicted molar refractivity (Wildman–Crippen MR) is 117 cm³/mol. The number of thioether (sulfide) groups is 1. The minimum absolute atomic E-state index is 0.435. The maximum Gasteiger partial charge on any atom is 0.406 e. The molecule has 30 heavy (non-hydrogen) atoms. The number of halogens is 3. The van der Waals surface area contributed by atoms with E-state index in [9.17, 15) is 13.2 Å². The molecule has 0 aliphatic rings. The van der Waals surface area contributed by atoms with Crippen LogP contribution in [0.2, 0.25) is 0 Å². The number of anilines is 1. The summed E-state index contributed by atoms with van der Waals surface area (Å²) in [6, 6.07) is 15.2. The summed E-state index contributed by atoms with van der Waals surface area (Å²) in [5, 5.41) is 13.6. The summed E-state index contributed by atoms with van der Waals surface area (Å²) in [6.45, 7) is 1.28. The lowest BCUT2D eigenvalue weighted by Crippen LogP contribution is -2.18. The smallest absolute Gasteiger partial charge is 0.378 e. The van der Waals surface area contributed by atoms with Crippen molar-refractivity contribution in [1.29, 1.82) is 0 Å². The molecule has 0 bridgehead atoms. The number of fused-ring (bicyclic) bond motifs is 1. The molecule has 0 saturated heterocycles. The predicted octanol–water partition coefficient (Wildman–Crippen LogP) is 6.36. The lowest BCUT2D eigenvalue weighted by molar-refractivity contribution is -0.139. The van der Waals surface area contributed by atoms with E-state index >= 15 is 0 Å². The van der Waals surface area contributed by atoms with Gasteiger partial charge in [0.2, 0.25) is 0 Å². The van der Waals surface area contributed by atoms with Gasteiger partial charge in [0, 0.05) is 21.5 Å². The lowest BCUT2D eigenvalue weighted by atomic mass is 10.1. The van der Waals surface area contributed by atoms with E-state index in [2.05, 4.69) is 15.5 Å². The number of aryl methyl sites for hydroxylation is 1. The van der Waals surface area contributed by atoms with Crippen LogP contribution in [0, 0.1) is 6.92 Å². The zero-order valence-corrected chi connectivity index (χ0v) is 18.0. The number of alkyl halides is 3. The van der Waals surface area contributed by atoms with Gasteiger partial charge in [-0.05, 0) is 55.1 Å². The molecule has 0 radical (unpaired) electrons. The van der Waals surface area contributed by atoms with E-state index < -0.39 is 12.7 Å². The third-order valence-electron chi connectivity index (χ3n) is 4.72. The van der Waals surface area contributed by atoms with Gasteiger partial charge in [0.25, 0.3) is 0 Å². The highest BCUT2D eigenvalue weighted by Gasteiger charge is 2.30. The quantitative estimate of drug-likeness (QED) is 0.348. The third-order valence-corrected chi connectivity index (χ3v) is 6.41. The fourth-order valence-corrected chi connectivity index (χ4v) is 4.49. The van der Waals surface area contributed by atoms with Crippen LogP contribution in [0.15, 0.2) is 53.4 Å². The lowest BCUT2D eigenvalue weighted by Gasteiger charge is -2.12. The molecule has 0 atom stereocenters. The van der Waals surface area contributed by atoms with E-state index in [1.807, 2.05) is 43.5 Å². The van der Waals surface area contributed by atoms with Crippen molar-refractivity contribution in [2.24, 2.45) is 0 Å². The van der Waals surface area contributed by atoms with Gasteiger partial charge >= 0.3 is 6.18 Å². The highest BCUT2D eigenvalue weighted by molar-refractivity contribution is 7.98. The standard InChI is InChI=1S/C21H19F3N4S2/c1-13-4-3-5-17-16(13)10-18(28(17)12-21(22,23)24)20-27-26-19(30-20)11-25-14-6-8-15(29-2)9-7-14/h3-10,25H,11-12H2,1-2H3. The van der Waals surface area contributed by atoms with Crippen LogP contribution in [-0.2, 0) is 13.1 Å². The minimum Gasteiger partial charge on any atom is -0.378 e. The number of nitrogens with one attached hydrogen (secondary N) is 1. The summed E-state index contributed by atoms with van der Waals surface area (Å²) in [5.74, 6) is 0. The fourth-order valence-electron chi connectivity index (χ4n) is 3.27. The normalized spacial score (nSPS) is 11.9. The molecule has 4 nitrogen and oxygen atoms in total. The zero-order valence-electron chi connectivity index (χ0n) is 16.3. The van der Waals surface area contributed by atoms with Crippen molar-refractivity contribution in [3.05, 3.63) is 59.1 Å². The molecule has 4 aromatic rings. The Hall–Kier alpha value is -2.52. The second kappa shape index (κ2) is 8.31. The Morgan fingerprint density at radius 3 is 2.57 bits per heavy atom. The van der Waals surface area contributed by atoms with Gasteiger partial charge in [-0.25, -0.2) is 0 Å². The molecule has 0 saturated carbocycles. The van der Waals surface area contributed by atoms with Crippen molar-refractivity contribution in [1.82, 2.24) is 14.8 Å². The van der Waals surface area contributed by atoms with E-state index in [0.29, 0.717) is 27.8 Å². The summed E-state index contributed by atoms with van der Waals surface area (Å²) < 4.78 is 41.0. The summed E-state index contributed by atoms with van der Waals surface area (Å²) in [6.07, 6.45) is -2.31. The van der Waals surface area contributed by atoms with Gasteiger partial charge in [-0.3, -0.25) is 0 Å². The van der Waals surface area contributed by atoms with Crippen LogP contribution in [0.25, 0.3) is 21.6 Å². The van der Waals surface area contributed by atoms with Gasteiger partial charge in [-0.2, -0.15) is 13.2 Å². The Morgan fingerprint density at radius 2 is 1.87 bits per heavy atom. The van der Waals surface area contributed by atoms with Crippen LogP contribution < -0.4 is 5.32 Å². The molecule has 0 unspecified atom stereocenters. The monoisotopic (exact) mass is 448 g/mol. The Labute approximate surface area is 180 Å². The van der Waals surface area contributed by atoms with Crippen molar-refractivity contribution < 1.29 is 13.2 Å². The fraction of sp³-hybridized carbons (Fsp3) is 0.238. The molecule has 0 aliphatic carbocycles. The van der Waals surface area contributed by atoms with Gasteiger partial charge in [0.15, 0.2) is 5.01 Å². The molecule has 0 aliphatic heterocycles. The molecule has 2 heterocycles. The van der Waals surface area contributed by atoms with Crippen LogP contribution in [0.4, 0.5) is 18.9 Å². The first-order valence-electron chi connectivity index (χ1n) is 9.20. The first kappa shape index (κ1) is 20.7. The van der Waals surface area contributed by atoms with Crippen molar-refractivity contribution in [2.45, 2.75) is 31.1 Å². The number of hydrogen-bond donors (Lipinski definition) is 1. The molecule has 0 fully saturated rings. The second-order valence-corrected chi connectivity index (χ2v) is 8.76. The van der Waals surface area contributed by atoms with Gasteiger partial charge < -0.3 is 9.88 Å². The largest absolute Gasteiger partial charge is 0.406 e. The molecule has 0 amide bonds.